The summed E-state index contributed by atoms with van der Waals surface area (Å²) in [6.07, 6.45) is -1.66. The Morgan fingerprint density at radius 2 is 1.71 bits per heavy atom. The van der Waals surface area contributed by atoms with Crippen molar-refractivity contribution in [1.29, 1.82) is 0 Å². The van der Waals surface area contributed by atoms with Crippen LogP contribution in [0.5, 0.6) is 0 Å². The zero-order valence-corrected chi connectivity index (χ0v) is 15.1. The molecule has 1 aliphatic rings. The molecule has 0 radical (unpaired) electrons. The van der Waals surface area contributed by atoms with E-state index in [0.29, 0.717) is 0 Å². The van der Waals surface area contributed by atoms with Crippen LogP contribution in [0.25, 0.3) is 0 Å². The number of carbonyl (C=O) groups excluding carboxylic acids is 2. The van der Waals surface area contributed by atoms with E-state index in [9.17, 15) is 24.6 Å². The Hall–Kier alpha value is -1.83. The monoisotopic (exact) mass is 344 g/mol. The molecule has 2 amide bonds. The summed E-state index contributed by atoms with van der Waals surface area (Å²) < 4.78 is 5.19. The van der Waals surface area contributed by atoms with Crippen molar-refractivity contribution in [3.8, 4) is 0 Å². The number of aliphatic hydroxyl groups excluding tert-OH is 1. The van der Waals surface area contributed by atoms with Gasteiger partial charge in [-0.25, -0.2) is 9.59 Å². The summed E-state index contributed by atoms with van der Waals surface area (Å²) in [6, 6.07) is -2.07. The van der Waals surface area contributed by atoms with Crippen LogP contribution in [0, 0.1) is 5.41 Å². The molecule has 1 rings (SSSR count). The number of carbonyl (C=O) groups is 3. The molecule has 0 aromatic carbocycles. The smallest absolute Gasteiger partial charge is 0.408 e. The largest absolute Gasteiger partial charge is 0.480 e. The highest BCUT2D eigenvalue weighted by Gasteiger charge is 2.44. The minimum absolute atomic E-state index is 0.0234. The van der Waals surface area contributed by atoms with Crippen molar-refractivity contribution in [3.05, 3.63) is 0 Å². The van der Waals surface area contributed by atoms with E-state index < -0.39 is 47.2 Å². The third-order valence-corrected chi connectivity index (χ3v) is 3.62. The molecule has 0 saturated carbocycles. The summed E-state index contributed by atoms with van der Waals surface area (Å²) in [6.45, 7) is 10.3. The number of β-amino-alcohol motifs (C(OH)–C–C–N with tert-alkyl or cyclic N) is 1. The van der Waals surface area contributed by atoms with Gasteiger partial charge in [0.2, 0.25) is 5.91 Å². The number of nitrogens with one attached hydrogen (secondary N) is 1. The Labute approximate surface area is 142 Å². The maximum atomic E-state index is 12.8. The van der Waals surface area contributed by atoms with Crippen molar-refractivity contribution in [2.45, 2.75) is 71.8 Å². The number of nitrogens with zero attached hydrogens (tertiary/aromatic N) is 1. The lowest BCUT2D eigenvalue weighted by Crippen LogP contribution is -2.57. The number of amides is 2. The summed E-state index contributed by atoms with van der Waals surface area (Å²) >= 11 is 0. The molecule has 138 valence electrons. The predicted molar refractivity (Wildman–Crippen MR) is 86.4 cm³/mol. The first-order chi connectivity index (χ1) is 10.7. The van der Waals surface area contributed by atoms with Crippen LogP contribution in [-0.2, 0) is 14.3 Å². The van der Waals surface area contributed by atoms with Crippen molar-refractivity contribution < 1.29 is 29.3 Å². The van der Waals surface area contributed by atoms with Gasteiger partial charge in [0.15, 0.2) is 0 Å². The fraction of sp³-hybridized carbons (Fsp3) is 0.812. The third-order valence-electron chi connectivity index (χ3n) is 3.62. The molecule has 1 fully saturated rings. The third kappa shape index (κ3) is 5.36. The Morgan fingerprint density at radius 1 is 1.17 bits per heavy atom. The first-order valence-corrected chi connectivity index (χ1v) is 7.93. The predicted octanol–water partition coefficient (Wildman–Crippen LogP) is 0.972. The normalized spacial score (nSPS) is 22.9. The average molecular weight is 344 g/mol. The van der Waals surface area contributed by atoms with Gasteiger partial charge in [-0.1, -0.05) is 20.8 Å². The van der Waals surface area contributed by atoms with Gasteiger partial charge >= 0.3 is 12.1 Å². The fourth-order valence-electron chi connectivity index (χ4n) is 2.53. The number of carboxylic acid groups (broad SMARTS) is 1. The Balaban J connectivity index is 2.98. The van der Waals surface area contributed by atoms with E-state index in [1.165, 1.54) is 0 Å². The van der Waals surface area contributed by atoms with Gasteiger partial charge in [0.1, 0.15) is 17.7 Å². The molecule has 1 aliphatic heterocycles. The molecule has 1 heterocycles. The number of alkyl carbamates (subject to hydrolysis) is 1. The number of hydrogen-bond acceptors (Lipinski definition) is 5. The Bertz CT molecular complexity index is 506. The van der Waals surface area contributed by atoms with Gasteiger partial charge in [-0.2, -0.15) is 0 Å². The lowest BCUT2D eigenvalue weighted by atomic mass is 9.85. The zero-order chi connectivity index (χ0) is 18.9. The SMILES string of the molecule is CC(C)(C)OC(=O)N[C@H](C(=O)N1CC(O)CC1C(=O)O)C(C)(C)C. The minimum Gasteiger partial charge on any atom is -0.480 e. The number of ether oxygens (including phenoxy) is 1. The second-order valence-electron chi connectivity index (χ2n) is 8.18. The molecular formula is C16H28N2O6. The van der Waals surface area contributed by atoms with E-state index in [0.717, 1.165) is 4.90 Å². The molecule has 0 aromatic heterocycles. The van der Waals surface area contributed by atoms with Gasteiger partial charge in [-0.15, -0.1) is 0 Å². The molecule has 3 atom stereocenters. The fourth-order valence-corrected chi connectivity index (χ4v) is 2.53. The molecule has 1 saturated heterocycles. The summed E-state index contributed by atoms with van der Waals surface area (Å²) in [5.41, 5.74) is -1.38. The van der Waals surface area contributed by atoms with E-state index in [-0.39, 0.29) is 13.0 Å². The van der Waals surface area contributed by atoms with Crippen molar-refractivity contribution in [2.75, 3.05) is 6.54 Å². The van der Waals surface area contributed by atoms with Gasteiger partial charge in [0, 0.05) is 13.0 Å². The molecule has 8 heteroatoms. The molecule has 0 aliphatic carbocycles. The second kappa shape index (κ2) is 6.96. The van der Waals surface area contributed by atoms with E-state index in [4.69, 9.17) is 4.74 Å². The number of rotatable bonds is 3. The van der Waals surface area contributed by atoms with E-state index in [2.05, 4.69) is 5.32 Å². The summed E-state index contributed by atoms with van der Waals surface area (Å²) in [7, 11) is 0. The molecule has 24 heavy (non-hydrogen) atoms. The zero-order valence-electron chi connectivity index (χ0n) is 15.1. The average Bonchev–Trinajstić information content (AvgIpc) is 2.74. The van der Waals surface area contributed by atoms with E-state index >= 15 is 0 Å². The van der Waals surface area contributed by atoms with Crippen molar-refractivity contribution in [1.82, 2.24) is 10.2 Å². The van der Waals surface area contributed by atoms with Crippen molar-refractivity contribution in [2.24, 2.45) is 5.41 Å². The van der Waals surface area contributed by atoms with Crippen LogP contribution in [0.2, 0.25) is 0 Å². The van der Waals surface area contributed by atoms with Crippen LogP contribution in [0.4, 0.5) is 4.79 Å². The summed E-state index contributed by atoms with van der Waals surface area (Å²) in [5.74, 6) is -1.72. The highest BCUT2D eigenvalue weighted by Crippen LogP contribution is 2.26. The molecule has 0 aromatic rings. The molecule has 3 N–H and O–H groups in total. The number of hydrogen-bond donors (Lipinski definition) is 3. The Kier molecular flexibility index (Phi) is 5.86. The van der Waals surface area contributed by atoms with Crippen LogP contribution in [0.1, 0.15) is 48.0 Å². The lowest BCUT2D eigenvalue weighted by Gasteiger charge is -2.35. The molecular weight excluding hydrogens is 316 g/mol. The number of aliphatic hydroxyl groups is 1. The Morgan fingerprint density at radius 3 is 2.12 bits per heavy atom. The van der Waals surface area contributed by atoms with Crippen LogP contribution >= 0.6 is 0 Å². The molecule has 0 spiro atoms. The van der Waals surface area contributed by atoms with Crippen LogP contribution in [-0.4, -0.2) is 63.4 Å². The quantitative estimate of drug-likeness (QED) is 0.702. The van der Waals surface area contributed by atoms with Crippen molar-refractivity contribution in [3.63, 3.8) is 0 Å². The standard InChI is InChI=1S/C16H28N2O6/c1-15(2,3)11(17-14(23)24-16(4,5)6)12(20)18-8-9(19)7-10(18)13(21)22/h9-11,19H,7-8H2,1-6H3,(H,17,23)(H,21,22)/t9?,10?,11-/m1/s1. The molecule has 8 nitrogen and oxygen atoms in total. The number of aliphatic carboxylic acids is 1. The second-order valence-corrected chi connectivity index (χ2v) is 8.18. The van der Waals surface area contributed by atoms with E-state index in [1.807, 2.05) is 0 Å². The number of carboxylic acids is 1. The van der Waals surface area contributed by atoms with E-state index in [1.54, 1.807) is 41.5 Å². The van der Waals surface area contributed by atoms with Crippen molar-refractivity contribution >= 4 is 18.0 Å². The van der Waals surface area contributed by atoms with Gasteiger partial charge in [-0.05, 0) is 26.2 Å². The molecule has 2 unspecified atom stereocenters. The number of likely N-dealkylation sites (tertiary alicyclic amines) is 1. The summed E-state index contributed by atoms with van der Waals surface area (Å²) in [5, 5.41) is 21.5. The highest BCUT2D eigenvalue weighted by molar-refractivity contribution is 5.90. The lowest BCUT2D eigenvalue weighted by molar-refractivity contribution is -0.150. The van der Waals surface area contributed by atoms with Crippen LogP contribution in [0.3, 0.4) is 0 Å². The molecule has 0 bridgehead atoms. The van der Waals surface area contributed by atoms with Gasteiger partial charge in [-0.3, -0.25) is 4.79 Å². The maximum Gasteiger partial charge on any atom is 0.408 e. The minimum atomic E-state index is -1.18. The summed E-state index contributed by atoms with van der Waals surface area (Å²) in [4.78, 5) is 37.3. The van der Waals surface area contributed by atoms with Crippen LogP contribution < -0.4 is 5.32 Å². The maximum absolute atomic E-state index is 12.8. The highest BCUT2D eigenvalue weighted by atomic mass is 16.6. The first-order valence-electron chi connectivity index (χ1n) is 7.93. The first kappa shape index (κ1) is 20.2. The van der Waals surface area contributed by atoms with Gasteiger partial charge in [0.05, 0.1) is 6.10 Å². The topological polar surface area (TPSA) is 116 Å². The van der Waals surface area contributed by atoms with Gasteiger partial charge in [0.25, 0.3) is 0 Å². The van der Waals surface area contributed by atoms with Crippen LogP contribution in [0.15, 0.2) is 0 Å². The van der Waals surface area contributed by atoms with Gasteiger partial charge < -0.3 is 25.2 Å².